The second kappa shape index (κ2) is 8.30. The van der Waals surface area contributed by atoms with E-state index in [9.17, 15) is 4.79 Å². The van der Waals surface area contributed by atoms with Crippen molar-refractivity contribution < 1.29 is 4.79 Å². The zero-order valence-corrected chi connectivity index (χ0v) is 15.0. The fraction of sp³-hybridized carbons (Fsp3) is 0.632. The number of likely N-dealkylation sites (tertiary alicyclic amines) is 1. The van der Waals surface area contributed by atoms with Crippen LogP contribution in [0.2, 0.25) is 0 Å². The van der Waals surface area contributed by atoms with Crippen molar-refractivity contribution in [1.82, 2.24) is 20.0 Å². The van der Waals surface area contributed by atoms with Crippen molar-refractivity contribution in [3.05, 3.63) is 17.8 Å². The van der Waals surface area contributed by atoms with Gasteiger partial charge in [0.1, 0.15) is 0 Å². The molecule has 1 aromatic rings. The first-order valence-electron chi connectivity index (χ1n) is 9.20. The van der Waals surface area contributed by atoms with E-state index < -0.39 is 0 Å². The molecule has 2 fully saturated rings. The Morgan fingerprint density at radius 1 is 1.16 bits per heavy atom. The van der Waals surface area contributed by atoms with Gasteiger partial charge < -0.3 is 9.80 Å². The van der Waals surface area contributed by atoms with Gasteiger partial charge in [-0.1, -0.05) is 12.3 Å². The van der Waals surface area contributed by atoms with E-state index in [0.29, 0.717) is 6.54 Å². The van der Waals surface area contributed by atoms with Gasteiger partial charge in [0, 0.05) is 26.2 Å². The van der Waals surface area contributed by atoms with Crippen LogP contribution in [0.15, 0.2) is 12.1 Å². The van der Waals surface area contributed by atoms with Gasteiger partial charge in [0.2, 0.25) is 5.91 Å². The molecule has 6 heteroatoms. The highest BCUT2D eigenvalue weighted by atomic mass is 16.2. The maximum atomic E-state index is 13.0. The summed E-state index contributed by atoms with van der Waals surface area (Å²) in [6.07, 6.45) is 9.59. The van der Waals surface area contributed by atoms with Gasteiger partial charge in [-0.15, -0.1) is 11.5 Å². The third-order valence-corrected chi connectivity index (χ3v) is 5.11. The Kier molecular flexibility index (Phi) is 5.87. The van der Waals surface area contributed by atoms with Crippen LogP contribution >= 0.6 is 0 Å². The second-order valence-electron chi connectivity index (χ2n) is 6.88. The van der Waals surface area contributed by atoms with Crippen molar-refractivity contribution in [3.8, 4) is 12.3 Å². The molecule has 2 aliphatic heterocycles. The molecule has 134 valence electrons. The molecular formula is C19H27N5O. The fourth-order valence-corrected chi connectivity index (χ4v) is 3.72. The molecule has 3 rings (SSSR count). The molecule has 6 nitrogen and oxygen atoms in total. The molecule has 1 atom stereocenters. The summed E-state index contributed by atoms with van der Waals surface area (Å²) in [6, 6.07) is 3.95. The predicted octanol–water partition coefficient (Wildman–Crippen LogP) is 1.31. The molecule has 0 unspecified atom stereocenters. The lowest BCUT2D eigenvalue weighted by Crippen LogP contribution is -2.51. The number of piperidine rings is 1. The highest BCUT2D eigenvalue weighted by Crippen LogP contribution is 2.20. The van der Waals surface area contributed by atoms with Gasteiger partial charge in [-0.05, 0) is 44.9 Å². The van der Waals surface area contributed by atoms with Gasteiger partial charge >= 0.3 is 0 Å². The van der Waals surface area contributed by atoms with Crippen LogP contribution in [-0.2, 0) is 4.79 Å². The van der Waals surface area contributed by atoms with Crippen LogP contribution in [0.25, 0.3) is 0 Å². The smallest absolute Gasteiger partial charge is 0.240 e. The third kappa shape index (κ3) is 4.29. The predicted molar refractivity (Wildman–Crippen MR) is 98.2 cm³/mol. The number of carbonyl (C=O) groups is 1. The maximum Gasteiger partial charge on any atom is 0.240 e. The van der Waals surface area contributed by atoms with Crippen molar-refractivity contribution in [2.24, 2.45) is 0 Å². The van der Waals surface area contributed by atoms with Gasteiger partial charge in [-0.2, -0.15) is 5.10 Å². The third-order valence-electron chi connectivity index (χ3n) is 5.11. The number of aromatic nitrogens is 2. The quantitative estimate of drug-likeness (QED) is 0.776. The van der Waals surface area contributed by atoms with Gasteiger partial charge in [-0.25, -0.2) is 0 Å². The standard InChI is InChI=1S/C19H27N5O/c1-3-10-22-11-5-4-7-17(22)19(25)24-13-6-12-23(14-15-24)18-9-8-16(2)20-21-18/h1,8-9,17H,4-7,10-15H2,2H3/t17-/m1/s1. The molecule has 1 amide bonds. The summed E-state index contributed by atoms with van der Waals surface area (Å²) in [5.74, 6) is 3.84. The number of amides is 1. The van der Waals surface area contributed by atoms with Gasteiger partial charge in [0.05, 0.1) is 18.3 Å². The zero-order chi connectivity index (χ0) is 17.6. The van der Waals surface area contributed by atoms with Crippen molar-refractivity contribution in [2.75, 3.05) is 44.2 Å². The number of nitrogens with zero attached hydrogens (tertiary/aromatic N) is 5. The van der Waals surface area contributed by atoms with E-state index in [1.807, 2.05) is 24.0 Å². The number of terminal acetylenes is 1. The summed E-state index contributed by atoms with van der Waals surface area (Å²) in [5.41, 5.74) is 0.918. The molecule has 0 radical (unpaired) electrons. The fourth-order valence-electron chi connectivity index (χ4n) is 3.72. The lowest BCUT2D eigenvalue weighted by atomic mass is 10.0. The van der Waals surface area contributed by atoms with Crippen molar-refractivity contribution in [3.63, 3.8) is 0 Å². The van der Waals surface area contributed by atoms with E-state index in [2.05, 4.69) is 25.9 Å². The van der Waals surface area contributed by atoms with E-state index in [1.54, 1.807) is 0 Å². The largest absolute Gasteiger partial charge is 0.353 e. The number of rotatable bonds is 3. The Morgan fingerprint density at radius 2 is 2.04 bits per heavy atom. The topological polar surface area (TPSA) is 52.6 Å². The summed E-state index contributed by atoms with van der Waals surface area (Å²) in [6.45, 7) is 6.66. The van der Waals surface area contributed by atoms with Crippen LogP contribution in [-0.4, -0.2) is 71.2 Å². The molecule has 3 heterocycles. The first kappa shape index (κ1) is 17.7. The second-order valence-corrected chi connectivity index (χ2v) is 6.88. The maximum absolute atomic E-state index is 13.0. The van der Waals surface area contributed by atoms with Crippen LogP contribution in [0.3, 0.4) is 0 Å². The average molecular weight is 341 g/mol. The molecule has 25 heavy (non-hydrogen) atoms. The summed E-state index contributed by atoms with van der Waals surface area (Å²) in [4.78, 5) is 19.5. The number of hydrogen-bond acceptors (Lipinski definition) is 5. The lowest BCUT2D eigenvalue weighted by molar-refractivity contribution is -0.137. The molecule has 0 aliphatic carbocycles. The molecular weight excluding hydrogens is 314 g/mol. The molecule has 0 saturated carbocycles. The minimum atomic E-state index is -0.0458. The first-order chi connectivity index (χ1) is 12.2. The van der Waals surface area contributed by atoms with Gasteiger partial charge in [-0.3, -0.25) is 9.69 Å². The number of hydrogen-bond donors (Lipinski definition) is 0. The van der Waals surface area contributed by atoms with Crippen LogP contribution in [0.1, 0.15) is 31.4 Å². The normalized spacial score (nSPS) is 22.3. The van der Waals surface area contributed by atoms with Crippen LogP contribution in [0.4, 0.5) is 5.82 Å². The zero-order valence-electron chi connectivity index (χ0n) is 15.0. The lowest BCUT2D eigenvalue weighted by Gasteiger charge is -2.36. The van der Waals surface area contributed by atoms with E-state index >= 15 is 0 Å². The van der Waals surface area contributed by atoms with Gasteiger partial charge in [0.25, 0.3) is 0 Å². The van der Waals surface area contributed by atoms with Gasteiger partial charge in [0.15, 0.2) is 5.82 Å². The molecule has 0 spiro atoms. The summed E-state index contributed by atoms with van der Waals surface area (Å²) >= 11 is 0. The highest BCUT2D eigenvalue weighted by molar-refractivity contribution is 5.82. The van der Waals surface area contributed by atoms with Crippen LogP contribution in [0.5, 0.6) is 0 Å². The Labute approximate surface area is 150 Å². The van der Waals surface area contributed by atoms with E-state index in [0.717, 1.165) is 69.9 Å². The Hall–Kier alpha value is -2.13. The first-order valence-corrected chi connectivity index (χ1v) is 9.20. The molecule has 2 aliphatic rings. The Balaban J connectivity index is 1.63. The molecule has 0 aromatic carbocycles. The summed E-state index contributed by atoms with van der Waals surface area (Å²) in [7, 11) is 0. The van der Waals surface area contributed by atoms with Crippen LogP contribution < -0.4 is 4.90 Å². The number of carbonyl (C=O) groups excluding carboxylic acids is 1. The minimum Gasteiger partial charge on any atom is -0.353 e. The number of anilines is 1. The summed E-state index contributed by atoms with van der Waals surface area (Å²) in [5, 5.41) is 8.43. The Morgan fingerprint density at radius 3 is 2.80 bits per heavy atom. The van der Waals surface area contributed by atoms with E-state index in [1.165, 1.54) is 0 Å². The summed E-state index contributed by atoms with van der Waals surface area (Å²) < 4.78 is 0. The number of aryl methyl sites for hydroxylation is 1. The minimum absolute atomic E-state index is 0.0458. The van der Waals surface area contributed by atoms with Crippen molar-refractivity contribution in [2.45, 2.75) is 38.6 Å². The SMILES string of the molecule is C#CCN1CCCC[C@@H]1C(=O)N1CCCN(c2ccc(C)nn2)CC1. The molecule has 1 aromatic heterocycles. The van der Waals surface area contributed by atoms with Crippen LogP contribution in [0, 0.1) is 19.3 Å². The van der Waals surface area contributed by atoms with Crippen molar-refractivity contribution in [1.29, 1.82) is 0 Å². The molecule has 2 saturated heterocycles. The monoisotopic (exact) mass is 341 g/mol. The molecule has 0 N–H and O–H groups in total. The Bertz CT molecular complexity index is 624. The highest BCUT2D eigenvalue weighted by Gasteiger charge is 2.32. The average Bonchev–Trinajstić information content (AvgIpc) is 2.89. The van der Waals surface area contributed by atoms with E-state index in [-0.39, 0.29) is 11.9 Å². The van der Waals surface area contributed by atoms with E-state index in [4.69, 9.17) is 6.42 Å². The van der Waals surface area contributed by atoms with Crippen molar-refractivity contribution >= 4 is 11.7 Å². The molecule has 0 bridgehead atoms.